The molecule has 3 rings (SSSR count). The maximum atomic E-state index is 13.0. The number of hydrazone groups is 1. The van der Waals surface area contributed by atoms with Crippen molar-refractivity contribution in [2.45, 2.75) is 6.18 Å². The van der Waals surface area contributed by atoms with Crippen LogP contribution in [-0.2, 0) is 6.18 Å². The van der Waals surface area contributed by atoms with Crippen molar-refractivity contribution in [3.05, 3.63) is 66.0 Å². The summed E-state index contributed by atoms with van der Waals surface area (Å²) in [4.78, 5) is 8.57. The highest BCUT2D eigenvalue weighted by Crippen LogP contribution is 2.34. The number of alkyl halides is 3. The van der Waals surface area contributed by atoms with Gasteiger partial charge < -0.3 is 5.32 Å². The van der Waals surface area contributed by atoms with Gasteiger partial charge in [0.15, 0.2) is 5.11 Å². The average Bonchev–Trinajstić information content (AvgIpc) is 2.61. The van der Waals surface area contributed by atoms with Gasteiger partial charge >= 0.3 is 6.18 Å². The first-order valence-corrected chi connectivity index (χ1v) is 7.82. The highest BCUT2D eigenvalue weighted by molar-refractivity contribution is 7.80. The van der Waals surface area contributed by atoms with Crippen molar-refractivity contribution in [3.8, 4) is 0 Å². The first-order chi connectivity index (χ1) is 12.4. The molecule has 0 radical (unpaired) electrons. The second-order valence-corrected chi connectivity index (χ2v) is 5.56. The molecule has 3 aromatic rings. The Morgan fingerprint density at radius 3 is 2.50 bits per heavy atom. The largest absolute Gasteiger partial charge is 0.418 e. The number of halogens is 3. The molecular formula is C17H12F3N5S. The maximum Gasteiger partial charge on any atom is 0.418 e. The molecule has 1 heterocycles. The van der Waals surface area contributed by atoms with E-state index in [1.807, 2.05) is 24.3 Å². The Morgan fingerprint density at radius 2 is 1.73 bits per heavy atom. The lowest BCUT2D eigenvalue weighted by atomic mass is 10.2. The van der Waals surface area contributed by atoms with Gasteiger partial charge in [-0.15, -0.1) is 0 Å². The fourth-order valence-electron chi connectivity index (χ4n) is 2.18. The fraction of sp³-hybridized carbons (Fsp3) is 0.0588. The number of benzene rings is 2. The quantitative estimate of drug-likeness (QED) is 0.412. The van der Waals surface area contributed by atoms with Gasteiger partial charge in [0, 0.05) is 0 Å². The van der Waals surface area contributed by atoms with Crippen molar-refractivity contribution in [2.75, 3.05) is 5.32 Å². The molecule has 2 N–H and O–H groups in total. The molecule has 0 saturated carbocycles. The second kappa shape index (κ2) is 7.44. The van der Waals surface area contributed by atoms with Crippen molar-refractivity contribution < 1.29 is 13.2 Å². The Balaban J connectivity index is 1.66. The van der Waals surface area contributed by atoms with Gasteiger partial charge in [0.05, 0.1) is 34.7 Å². The van der Waals surface area contributed by atoms with Crippen LogP contribution in [0.15, 0.2) is 59.8 Å². The Hall–Kier alpha value is -3.07. The SMILES string of the molecule is FC(F)(F)c1ccccc1NC(=S)N/N=C\c1cnc2ccccc2n1. The molecule has 0 spiro atoms. The van der Waals surface area contributed by atoms with Crippen molar-refractivity contribution >= 4 is 40.3 Å². The van der Waals surface area contributed by atoms with Crippen LogP contribution in [-0.4, -0.2) is 21.3 Å². The summed E-state index contributed by atoms with van der Waals surface area (Å²) in [6, 6.07) is 12.4. The summed E-state index contributed by atoms with van der Waals surface area (Å²) >= 11 is 4.97. The number of hydrogen-bond acceptors (Lipinski definition) is 4. The molecule has 0 saturated heterocycles. The van der Waals surface area contributed by atoms with Gasteiger partial charge in [-0.25, -0.2) is 4.98 Å². The molecule has 0 aliphatic carbocycles. The van der Waals surface area contributed by atoms with Crippen molar-refractivity contribution in [1.82, 2.24) is 15.4 Å². The lowest BCUT2D eigenvalue weighted by Crippen LogP contribution is -2.25. The highest BCUT2D eigenvalue weighted by Gasteiger charge is 2.33. The molecule has 0 fully saturated rings. The number of nitrogens with zero attached hydrogens (tertiary/aromatic N) is 3. The van der Waals surface area contributed by atoms with Gasteiger partial charge in [0.1, 0.15) is 5.69 Å². The summed E-state index contributed by atoms with van der Waals surface area (Å²) in [5, 5.41) is 6.28. The van der Waals surface area contributed by atoms with Crippen LogP contribution in [0.5, 0.6) is 0 Å². The number of rotatable bonds is 3. The molecular weight excluding hydrogens is 363 g/mol. The number of nitrogens with one attached hydrogen (secondary N) is 2. The highest BCUT2D eigenvalue weighted by atomic mass is 32.1. The summed E-state index contributed by atoms with van der Waals surface area (Å²) in [5.41, 5.74) is 3.43. The van der Waals surface area contributed by atoms with E-state index in [0.717, 1.165) is 11.6 Å². The summed E-state index contributed by atoms with van der Waals surface area (Å²) < 4.78 is 38.9. The summed E-state index contributed by atoms with van der Waals surface area (Å²) in [5.74, 6) is 0. The van der Waals surface area contributed by atoms with E-state index in [-0.39, 0.29) is 10.8 Å². The number of anilines is 1. The van der Waals surface area contributed by atoms with Gasteiger partial charge in [-0.3, -0.25) is 10.4 Å². The zero-order chi connectivity index (χ0) is 18.6. The Kier molecular flexibility index (Phi) is 5.08. The number of thiocarbonyl (C=S) groups is 1. The maximum absolute atomic E-state index is 13.0. The zero-order valence-corrected chi connectivity index (χ0v) is 14.0. The predicted octanol–water partition coefficient (Wildman–Crippen LogP) is 3.97. The second-order valence-electron chi connectivity index (χ2n) is 5.15. The normalized spacial score (nSPS) is 11.7. The van der Waals surface area contributed by atoms with Gasteiger partial charge in [-0.05, 0) is 36.5 Å². The number of aromatic nitrogens is 2. The molecule has 0 atom stereocenters. The molecule has 1 aromatic heterocycles. The lowest BCUT2D eigenvalue weighted by Gasteiger charge is -2.14. The summed E-state index contributed by atoms with van der Waals surface area (Å²) in [6.07, 6.45) is -1.57. The van der Waals surface area contributed by atoms with Crippen LogP contribution in [0.25, 0.3) is 11.0 Å². The first kappa shape index (κ1) is 17.7. The Labute approximate surface area is 152 Å². The fourth-order valence-corrected chi connectivity index (χ4v) is 2.34. The summed E-state index contributed by atoms with van der Waals surface area (Å²) in [7, 11) is 0. The van der Waals surface area contributed by atoms with E-state index >= 15 is 0 Å². The average molecular weight is 375 g/mol. The van der Waals surface area contributed by atoms with Crippen molar-refractivity contribution in [3.63, 3.8) is 0 Å². The van der Waals surface area contributed by atoms with E-state index in [1.165, 1.54) is 30.6 Å². The molecule has 0 amide bonds. The molecule has 26 heavy (non-hydrogen) atoms. The third-order valence-corrected chi connectivity index (χ3v) is 3.50. The Morgan fingerprint density at radius 1 is 1.04 bits per heavy atom. The van der Waals surface area contributed by atoms with E-state index in [9.17, 15) is 13.2 Å². The van der Waals surface area contributed by atoms with Crippen LogP contribution in [0.1, 0.15) is 11.3 Å². The van der Waals surface area contributed by atoms with Crippen LogP contribution in [0.2, 0.25) is 0 Å². The standard InChI is InChI=1S/C17H12F3N5S/c18-17(19,20)12-5-1-2-6-13(12)24-16(26)25-22-10-11-9-21-14-7-3-4-8-15(14)23-11/h1-10H,(H2,24,25,26)/b22-10-. The molecule has 2 aromatic carbocycles. The summed E-state index contributed by atoms with van der Waals surface area (Å²) in [6.45, 7) is 0. The van der Waals surface area contributed by atoms with Crippen LogP contribution in [0.3, 0.4) is 0 Å². The molecule has 0 bridgehead atoms. The molecule has 0 unspecified atom stereocenters. The minimum atomic E-state index is -4.48. The minimum absolute atomic E-state index is 0.0771. The number of para-hydroxylation sites is 3. The third-order valence-electron chi connectivity index (χ3n) is 3.31. The van der Waals surface area contributed by atoms with Gasteiger partial charge in [0.25, 0.3) is 0 Å². The van der Waals surface area contributed by atoms with Gasteiger partial charge in [-0.1, -0.05) is 24.3 Å². The molecule has 132 valence electrons. The lowest BCUT2D eigenvalue weighted by molar-refractivity contribution is -0.136. The third kappa shape index (κ3) is 4.31. The van der Waals surface area contributed by atoms with E-state index in [2.05, 4.69) is 25.8 Å². The van der Waals surface area contributed by atoms with Crippen LogP contribution >= 0.6 is 12.2 Å². The van der Waals surface area contributed by atoms with Crippen molar-refractivity contribution in [1.29, 1.82) is 0 Å². The number of fused-ring (bicyclic) bond motifs is 1. The topological polar surface area (TPSA) is 62.2 Å². The monoisotopic (exact) mass is 375 g/mol. The zero-order valence-electron chi connectivity index (χ0n) is 13.2. The Bertz CT molecular complexity index is 972. The van der Waals surface area contributed by atoms with Gasteiger partial charge in [-0.2, -0.15) is 18.3 Å². The molecule has 9 heteroatoms. The minimum Gasteiger partial charge on any atom is -0.331 e. The van der Waals surface area contributed by atoms with E-state index in [4.69, 9.17) is 12.2 Å². The van der Waals surface area contributed by atoms with E-state index in [0.29, 0.717) is 11.2 Å². The van der Waals surface area contributed by atoms with Gasteiger partial charge in [0.2, 0.25) is 0 Å². The molecule has 5 nitrogen and oxygen atoms in total. The van der Waals surface area contributed by atoms with Crippen LogP contribution in [0.4, 0.5) is 18.9 Å². The molecule has 0 aliphatic heterocycles. The van der Waals surface area contributed by atoms with Crippen LogP contribution < -0.4 is 10.7 Å². The molecule has 0 aliphatic rings. The van der Waals surface area contributed by atoms with E-state index < -0.39 is 11.7 Å². The number of hydrogen-bond donors (Lipinski definition) is 2. The first-order valence-electron chi connectivity index (χ1n) is 7.41. The van der Waals surface area contributed by atoms with E-state index in [1.54, 1.807) is 0 Å². The smallest absolute Gasteiger partial charge is 0.331 e. The van der Waals surface area contributed by atoms with Crippen LogP contribution in [0, 0.1) is 0 Å². The van der Waals surface area contributed by atoms with Crippen molar-refractivity contribution in [2.24, 2.45) is 5.10 Å². The predicted molar refractivity (Wildman–Crippen MR) is 97.9 cm³/mol.